The van der Waals surface area contributed by atoms with E-state index in [0.29, 0.717) is 5.75 Å². The van der Waals surface area contributed by atoms with Gasteiger partial charge in [0.25, 0.3) is 5.91 Å². The van der Waals surface area contributed by atoms with Gasteiger partial charge in [0.15, 0.2) is 13.2 Å². The topological polar surface area (TPSA) is 93.7 Å². The monoisotopic (exact) mass is 402 g/mol. The van der Waals surface area contributed by atoms with Crippen molar-refractivity contribution in [3.8, 4) is 5.75 Å². The molecule has 0 saturated heterocycles. The number of carbonyl (C=O) groups is 3. The van der Waals surface area contributed by atoms with Crippen molar-refractivity contribution in [2.75, 3.05) is 18.5 Å². The van der Waals surface area contributed by atoms with E-state index in [4.69, 9.17) is 9.47 Å². The predicted octanol–water partition coefficient (Wildman–Crippen LogP) is 3.39. The molecule has 2 aromatic carbocycles. The van der Waals surface area contributed by atoms with E-state index in [9.17, 15) is 18.8 Å². The average molecular weight is 402 g/mol. The first-order valence-electron chi connectivity index (χ1n) is 8.90. The molecular formula is C21H23FN2O5. The van der Waals surface area contributed by atoms with Crippen molar-refractivity contribution in [2.24, 2.45) is 0 Å². The number of hydrogen-bond acceptors (Lipinski definition) is 5. The second-order valence-electron chi connectivity index (χ2n) is 7.18. The van der Waals surface area contributed by atoms with Crippen LogP contribution in [0, 0.1) is 5.82 Å². The van der Waals surface area contributed by atoms with Crippen molar-refractivity contribution in [2.45, 2.75) is 26.2 Å². The highest BCUT2D eigenvalue weighted by atomic mass is 19.1. The summed E-state index contributed by atoms with van der Waals surface area (Å²) < 4.78 is 23.8. The molecule has 0 fully saturated rings. The van der Waals surface area contributed by atoms with Crippen molar-refractivity contribution in [3.05, 3.63) is 59.9 Å². The summed E-state index contributed by atoms with van der Waals surface area (Å²) >= 11 is 0. The molecule has 0 radical (unpaired) electrons. The van der Waals surface area contributed by atoms with Gasteiger partial charge in [-0.2, -0.15) is 0 Å². The molecule has 2 aromatic rings. The number of nitrogens with one attached hydrogen (secondary N) is 2. The van der Waals surface area contributed by atoms with Crippen molar-refractivity contribution < 1.29 is 28.2 Å². The van der Waals surface area contributed by atoms with Crippen LogP contribution in [-0.4, -0.2) is 31.1 Å². The SMILES string of the molecule is CC(C)(C)c1ccccc1OCC(=O)OCC(=O)NC(=O)Nc1ccccc1F. The molecule has 8 heteroatoms. The van der Waals surface area contributed by atoms with Gasteiger partial charge in [0.1, 0.15) is 11.6 Å². The molecule has 0 saturated carbocycles. The summed E-state index contributed by atoms with van der Waals surface area (Å²) in [6.07, 6.45) is 0. The fraction of sp³-hybridized carbons (Fsp3) is 0.286. The van der Waals surface area contributed by atoms with Crippen LogP contribution < -0.4 is 15.4 Å². The highest BCUT2D eigenvalue weighted by molar-refractivity contribution is 6.01. The largest absolute Gasteiger partial charge is 0.482 e. The molecule has 0 atom stereocenters. The summed E-state index contributed by atoms with van der Waals surface area (Å²) in [5.41, 5.74) is 0.669. The fourth-order valence-corrected chi connectivity index (χ4v) is 2.42. The predicted molar refractivity (Wildman–Crippen MR) is 105 cm³/mol. The summed E-state index contributed by atoms with van der Waals surface area (Å²) in [6, 6.07) is 11.9. The normalized spacial score (nSPS) is 10.8. The van der Waals surface area contributed by atoms with Gasteiger partial charge < -0.3 is 14.8 Å². The number of halogens is 1. The zero-order valence-electron chi connectivity index (χ0n) is 16.5. The molecular weight excluding hydrogens is 379 g/mol. The van der Waals surface area contributed by atoms with Gasteiger partial charge in [-0.3, -0.25) is 10.1 Å². The van der Waals surface area contributed by atoms with Gasteiger partial charge in [0.2, 0.25) is 0 Å². The lowest BCUT2D eigenvalue weighted by molar-refractivity contribution is -0.150. The van der Waals surface area contributed by atoms with Gasteiger partial charge in [0, 0.05) is 0 Å². The van der Waals surface area contributed by atoms with Crippen LogP contribution >= 0.6 is 0 Å². The zero-order valence-corrected chi connectivity index (χ0v) is 16.5. The summed E-state index contributed by atoms with van der Waals surface area (Å²) in [4.78, 5) is 35.2. The minimum Gasteiger partial charge on any atom is -0.482 e. The quantitative estimate of drug-likeness (QED) is 0.723. The highest BCUT2D eigenvalue weighted by Crippen LogP contribution is 2.30. The number of urea groups is 1. The number of hydrogen-bond donors (Lipinski definition) is 2. The van der Waals surface area contributed by atoms with Crippen LogP contribution in [0.15, 0.2) is 48.5 Å². The van der Waals surface area contributed by atoms with Gasteiger partial charge in [0.05, 0.1) is 5.69 Å². The third kappa shape index (κ3) is 6.91. The Morgan fingerprint density at radius 1 is 0.966 bits per heavy atom. The Labute approximate surface area is 168 Å². The third-order valence-corrected chi connectivity index (χ3v) is 3.78. The first kappa shape index (κ1) is 21.9. The lowest BCUT2D eigenvalue weighted by Crippen LogP contribution is -2.37. The van der Waals surface area contributed by atoms with Gasteiger partial charge in [-0.15, -0.1) is 0 Å². The summed E-state index contributed by atoms with van der Waals surface area (Å²) in [7, 11) is 0. The summed E-state index contributed by atoms with van der Waals surface area (Å²) in [5.74, 6) is -1.72. The van der Waals surface area contributed by atoms with Gasteiger partial charge >= 0.3 is 12.0 Å². The molecule has 0 aliphatic carbocycles. The lowest BCUT2D eigenvalue weighted by atomic mass is 9.86. The zero-order chi connectivity index (χ0) is 21.4. The van der Waals surface area contributed by atoms with E-state index in [2.05, 4.69) is 5.32 Å². The van der Waals surface area contributed by atoms with Gasteiger partial charge in [-0.1, -0.05) is 51.1 Å². The maximum absolute atomic E-state index is 13.5. The van der Waals surface area contributed by atoms with Crippen LogP contribution in [-0.2, 0) is 19.7 Å². The molecule has 3 amide bonds. The molecule has 0 aliphatic rings. The van der Waals surface area contributed by atoms with E-state index >= 15 is 0 Å². The van der Waals surface area contributed by atoms with Gasteiger partial charge in [-0.25, -0.2) is 14.0 Å². The second-order valence-corrected chi connectivity index (χ2v) is 7.18. The van der Waals surface area contributed by atoms with Crippen molar-refractivity contribution >= 4 is 23.6 Å². The number of benzene rings is 2. The Hall–Kier alpha value is -3.42. The van der Waals surface area contributed by atoms with Crippen LogP contribution in [0.3, 0.4) is 0 Å². The number of carbonyl (C=O) groups excluding carboxylic acids is 3. The number of para-hydroxylation sites is 2. The first-order valence-corrected chi connectivity index (χ1v) is 8.90. The molecule has 154 valence electrons. The Balaban J connectivity index is 1.77. The number of esters is 1. The Kier molecular flexibility index (Phi) is 7.30. The molecule has 0 aromatic heterocycles. The van der Waals surface area contributed by atoms with E-state index < -0.39 is 30.3 Å². The van der Waals surface area contributed by atoms with Crippen LogP contribution in [0.4, 0.5) is 14.9 Å². The number of ether oxygens (including phenoxy) is 2. The molecule has 0 unspecified atom stereocenters. The first-order chi connectivity index (χ1) is 13.7. The molecule has 7 nitrogen and oxygen atoms in total. The minimum absolute atomic E-state index is 0.0827. The number of anilines is 1. The van der Waals surface area contributed by atoms with Crippen LogP contribution in [0.25, 0.3) is 0 Å². The molecule has 0 heterocycles. The smallest absolute Gasteiger partial charge is 0.344 e. The van der Waals surface area contributed by atoms with E-state index in [1.54, 1.807) is 12.1 Å². The molecule has 29 heavy (non-hydrogen) atoms. The average Bonchev–Trinajstić information content (AvgIpc) is 2.66. The van der Waals surface area contributed by atoms with Crippen molar-refractivity contribution in [1.82, 2.24) is 5.32 Å². The van der Waals surface area contributed by atoms with Crippen molar-refractivity contribution in [1.29, 1.82) is 0 Å². The maximum atomic E-state index is 13.5. The number of amides is 3. The Morgan fingerprint density at radius 3 is 2.31 bits per heavy atom. The third-order valence-electron chi connectivity index (χ3n) is 3.78. The van der Waals surface area contributed by atoms with Crippen LogP contribution in [0.1, 0.15) is 26.3 Å². The van der Waals surface area contributed by atoms with E-state index in [1.807, 2.05) is 38.2 Å². The van der Waals surface area contributed by atoms with E-state index in [1.165, 1.54) is 18.2 Å². The van der Waals surface area contributed by atoms with E-state index in [-0.39, 0.29) is 17.7 Å². The Morgan fingerprint density at radius 2 is 1.62 bits per heavy atom. The number of rotatable bonds is 6. The molecule has 0 bridgehead atoms. The highest BCUT2D eigenvalue weighted by Gasteiger charge is 2.19. The summed E-state index contributed by atoms with van der Waals surface area (Å²) in [5, 5.41) is 4.12. The Bertz CT molecular complexity index is 893. The minimum atomic E-state index is -0.938. The summed E-state index contributed by atoms with van der Waals surface area (Å²) in [6.45, 7) is 4.99. The van der Waals surface area contributed by atoms with Crippen molar-refractivity contribution in [3.63, 3.8) is 0 Å². The molecule has 0 spiro atoms. The fourth-order valence-electron chi connectivity index (χ4n) is 2.42. The van der Waals surface area contributed by atoms with Crippen LogP contribution in [0.5, 0.6) is 5.75 Å². The maximum Gasteiger partial charge on any atom is 0.344 e. The lowest BCUT2D eigenvalue weighted by Gasteiger charge is -2.22. The van der Waals surface area contributed by atoms with Crippen LogP contribution in [0.2, 0.25) is 0 Å². The van der Waals surface area contributed by atoms with E-state index in [0.717, 1.165) is 11.6 Å². The molecule has 2 N–H and O–H groups in total. The molecule has 2 rings (SSSR count). The molecule has 0 aliphatic heterocycles. The number of imide groups is 1. The van der Waals surface area contributed by atoms with Gasteiger partial charge in [-0.05, 0) is 29.2 Å². The second kappa shape index (κ2) is 9.68. The standard InChI is InChI=1S/C21H23FN2O5/c1-21(2,3)14-8-4-7-11-17(14)28-13-19(26)29-12-18(25)24-20(27)23-16-10-6-5-9-15(16)22/h4-11H,12-13H2,1-3H3,(H2,23,24,25,27).